The predicted molar refractivity (Wildman–Crippen MR) is 48.6 cm³/mol. The first-order valence-electron chi connectivity index (χ1n) is 4.06. The van der Waals surface area contributed by atoms with E-state index in [1.54, 1.807) is 18.6 Å². The SMILES string of the molecule is Cc1cnc(-n2ccnc2C)cn1. The highest BCUT2D eigenvalue weighted by Crippen LogP contribution is 2.04. The van der Waals surface area contributed by atoms with Crippen molar-refractivity contribution >= 4 is 0 Å². The lowest BCUT2D eigenvalue weighted by Crippen LogP contribution is -1.99. The van der Waals surface area contributed by atoms with Gasteiger partial charge in [0.25, 0.3) is 0 Å². The van der Waals surface area contributed by atoms with Crippen molar-refractivity contribution in [3.8, 4) is 5.82 Å². The summed E-state index contributed by atoms with van der Waals surface area (Å²) in [6, 6.07) is 0. The smallest absolute Gasteiger partial charge is 0.156 e. The number of imidazole rings is 1. The molecule has 0 radical (unpaired) electrons. The Morgan fingerprint density at radius 2 is 1.92 bits per heavy atom. The molecule has 0 aliphatic heterocycles. The molecule has 0 aliphatic carbocycles. The van der Waals surface area contributed by atoms with Gasteiger partial charge in [-0.25, -0.2) is 9.97 Å². The molecular weight excluding hydrogens is 164 g/mol. The van der Waals surface area contributed by atoms with Crippen LogP contribution in [0.2, 0.25) is 0 Å². The van der Waals surface area contributed by atoms with Crippen LogP contribution in [0.3, 0.4) is 0 Å². The van der Waals surface area contributed by atoms with Crippen LogP contribution in [0.1, 0.15) is 11.5 Å². The third-order valence-corrected chi connectivity index (χ3v) is 1.84. The van der Waals surface area contributed by atoms with Crippen molar-refractivity contribution in [3.05, 3.63) is 36.3 Å². The van der Waals surface area contributed by atoms with Gasteiger partial charge in [0.15, 0.2) is 5.82 Å². The van der Waals surface area contributed by atoms with Gasteiger partial charge < -0.3 is 0 Å². The maximum atomic E-state index is 4.24. The zero-order chi connectivity index (χ0) is 9.26. The molecule has 0 N–H and O–H groups in total. The van der Waals surface area contributed by atoms with E-state index < -0.39 is 0 Å². The normalized spacial score (nSPS) is 10.3. The number of aryl methyl sites for hydroxylation is 2. The second-order valence-electron chi connectivity index (χ2n) is 2.86. The Labute approximate surface area is 76.3 Å². The molecule has 4 heteroatoms. The number of hydrogen-bond acceptors (Lipinski definition) is 3. The molecule has 0 aliphatic rings. The Hall–Kier alpha value is -1.71. The summed E-state index contributed by atoms with van der Waals surface area (Å²) >= 11 is 0. The summed E-state index contributed by atoms with van der Waals surface area (Å²) in [5.74, 6) is 1.72. The number of rotatable bonds is 1. The zero-order valence-electron chi connectivity index (χ0n) is 7.60. The molecule has 0 bridgehead atoms. The van der Waals surface area contributed by atoms with Crippen LogP contribution in [0.4, 0.5) is 0 Å². The van der Waals surface area contributed by atoms with E-state index in [2.05, 4.69) is 15.0 Å². The van der Waals surface area contributed by atoms with E-state index >= 15 is 0 Å². The van der Waals surface area contributed by atoms with E-state index in [4.69, 9.17) is 0 Å². The van der Waals surface area contributed by atoms with Crippen molar-refractivity contribution in [2.45, 2.75) is 13.8 Å². The van der Waals surface area contributed by atoms with Gasteiger partial charge in [0.05, 0.1) is 18.1 Å². The van der Waals surface area contributed by atoms with Gasteiger partial charge in [-0.15, -0.1) is 0 Å². The second-order valence-corrected chi connectivity index (χ2v) is 2.86. The van der Waals surface area contributed by atoms with Crippen molar-refractivity contribution in [1.82, 2.24) is 19.5 Å². The summed E-state index contributed by atoms with van der Waals surface area (Å²) in [5, 5.41) is 0. The average molecular weight is 174 g/mol. The fourth-order valence-corrected chi connectivity index (χ4v) is 1.13. The maximum absolute atomic E-state index is 4.24. The van der Waals surface area contributed by atoms with Crippen molar-refractivity contribution in [3.63, 3.8) is 0 Å². The maximum Gasteiger partial charge on any atom is 0.156 e. The average Bonchev–Trinajstić information content (AvgIpc) is 2.53. The first-order chi connectivity index (χ1) is 6.27. The minimum absolute atomic E-state index is 0.806. The Kier molecular flexibility index (Phi) is 1.81. The lowest BCUT2D eigenvalue weighted by molar-refractivity contribution is 0.910. The first kappa shape index (κ1) is 7.91. The Bertz CT molecular complexity index is 402. The van der Waals surface area contributed by atoms with Crippen molar-refractivity contribution in [1.29, 1.82) is 0 Å². The summed E-state index contributed by atoms with van der Waals surface area (Å²) in [6.07, 6.45) is 7.10. The van der Waals surface area contributed by atoms with E-state index in [1.807, 2.05) is 24.6 Å². The zero-order valence-corrected chi connectivity index (χ0v) is 7.60. The van der Waals surface area contributed by atoms with E-state index in [1.165, 1.54) is 0 Å². The summed E-state index contributed by atoms with van der Waals surface area (Å²) in [7, 11) is 0. The number of hydrogen-bond donors (Lipinski definition) is 0. The van der Waals surface area contributed by atoms with Gasteiger partial charge in [0.1, 0.15) is 5.82 Å². The van der Waals surface area contributed by atoms with E-state index in [-0.39, 0.29) is 0 Å². The fourth-order valence-electron chi connectivity index (χ4n) is 1.13. The molecule has 2 aromatic heterocycles. The second kappa shape index (κ2) is 2.97. The lowest BCUT2D eigenvalue weighted by atomic mass is 10.5. The van der Waals surface area contributed by atoms with Gasteiger partial charge in [0, 0.05) is 12.4 Å². The number of aromatic nitrogens is 4. The van der Waals surface area contributed by atoms with E-state index in [9.17, 15) is 0 Å². The highest BCUT2D eigenvalue weighted by atomic mass is 15.1. The molecule has 4 nitrogen and oxygen atoms in total. The molecule has 0 saturated heterocycles. The monoisotopic (exact) mass is 174 g/mol. The summed E-state index contributed by atoms with van der Waals surface area (Å²) in [6.45, 7) is 3.85. The minimum Gasteiger partial charge on any atom is -0.287 e. The topological polar surface area (TPSA) is 43.6 Å². The molecule has 2 heterocycles. The predicted octanol–water partition coefficient (Wildman–Crippen LogP) is 1.28. The van der Waals surface area contributed by atoms with E-state index in [0.717, 1.165) is 17.3 Å². The van der Waals surface area contributed by atoms with Gasteiger partial charge in [-0.1, -0.05) is 0 Å². The van der Waals surface area contributed by atoms with Crippen LogP contribution in [-0.4, -0.2) is 19.5 Å². The van der Waals surface area contributed by atoms with Crippen molar-refractivity contribution < 1.29 is 0 Å². The first-order valence-corrected chi connectivity index (χ1v) is 4.06. The van der Waals surface area contributed by atoms with Gasteiger partial charge >= 0.3 is 0 Å². The number of nitrogens with zero attached hydrogens (tertiary/aromatic N) is 4. The largest absolute Gasteiger partial charge is 0.287 e. The van der Waals surface area contributed by atoms with Gasteiger partial charge in [-0.3, -0.25) is 9.55 Å². The fraction of sp³-hybridized carbons (Fsp3) is 0.222. The molecule has 0 fully saturated rings. The van der Waals surface area contributed by atoms with Crippen LogP contribution in [0, 0.1) is 13.8 Å². The van der Waals surface area contributed by atoms with Crippen LogP contribution in [0.5, 0.6) is 0 Å². The van der Waals surface area contributed by atoms with Crippen LogP contribution in [-0.2, 0) is 0 Å². The molecule has 0 unspecified atom stereocenters. The molecule has 0 spiro atoms. The molecule has 0 saturated carbocycles. The molecule has 2 aromatic rings. The Morgan fingerprint density at radius 3 is 2.46 bits per heavy atom. The highest BCUT2D eigenvalue weighted by molar-refractivity contribution is 5.20. The Balaban J connectivity index is 2.47. The molecule has 0 amide bonds. The standard InChI is InChI=1S/C9H10N4/c1-7-5-12-9(6-11-7)13-4-3-10-8(13)2/h3-6H,1-2H3. The summed E-state index contributed by atoms with van der Waals surface area (Å²) in [5.41, 5.74) is 0.918. The van der Waals surface area contributed by atoms with Gasteiger partial charge in [-0.05, 0) is 13.8 Å². The molecule has 2 rings (SSSR count). The van der Waals surface area contributed by atoms with Gasteiger partial charge in [0.2, 0.25) is 0 Å². The molecule has 13 heavy (non-hydrogen) atoms. The minimum atomic E-state index is 0.806. The van der Waals surface area contributed by atoms with Crippen molar-refractivity contribution in [2.75, 3.05) is 0 Å². The molecule has 0 atom stereocenters. The van der Waals surface area contributed by atoms with Crippen LogP contribution >= 0.6 is 0 Å². The van der Waals surface area contributed by atoms with Crippen LogP contribution in [0.15, 0.2) is 24.8 Å². The lowest BCUT2D eigenvalue weighted by Gasteiger charge is -2.02. The highest BCUT2D eigenvalue weighted by Gasteiger charge is 2.00. The van der Waals surface area contributed by atoms with Crippen LogP contribution in [0.25, 0.3) is 5.82 Å². The summed E-state index contributed by atoms with van der Waals surface area (Å²) in [4.78, 5) is 12.5. The van der Waals surface area contributed by atoms with Crippen molar-refractivity contribution in [2.24, 2.45) is 0 Å². The summed E-state index contributed by atoms with van der Waals surface area (Å²) < 4.78 is 1.90. The third kappa shape index (κ3) is 1.42. The molecule has 66 valence electrons. The third-order valence-electron chi connectivity index (χ3n) is 1.84. The quantitative estimate of drug-likeness (QED) is 0.654. The Morgan fingerprint density at radius 1 is 1.08 bits per heavy atom. The van der Waals surface area contributed by atoms with E-state index in [0.29, 0.717) is 0 Å². The molecular formula is C9H10N4. The molecule has 0 aromatic carbocycles. The van der Waals surface area contributed by atoms with Crippen LogP contribution < -0.4 is 0 Å². The van der Waals surface area contributed by atoms with Gasteiger partial charge in [-0.2, -0.15) is 0 Å².